The van der Waals surface area contributed by atoms with Crippen LogP contribution < -0.4 is 10.6 Å². The fraction of sp³-hybridized carbons (Fsp3) is 0.769. The molecule has 0 heterocycles. The fourth-order valence-electron chi connectivity index (χ4n) is 1.35. The second kappa shape index (κ2) is 9.05. The summed E-state index contributed by atoms with van der Waals surface area (Å²) in [5.74, 6) is 0. The summed E-state index contributed by atoms with van der Waals surface area (Å²) < 4.78 is 0. The molecule has 0 atom stereocenters. The molecule has 17 heavy (non-hydrogen) atoms. The van der Waals surface area contributed by atoms with Crippen LogP contribution in [0.15, 0.2) is 12.2 Å². The summed E-state index contributed by atoms with van der Waals surface area (Å²) in [5.41, 5.74) is -0.0515. The highest BCUT2D eigenvalue weighted by atomic mass is 16.3. The van der Waals surface area contributed by atoms with Gasteiger partial charge in [-0.15, -0.1) is 0 Å². The van der Waals surface area contributed by atoms with E-state index < -0.39 is 0 Å². The number of aliphatic hydroxyl groups excluding tert-OH is 1. The zero-order chi connectivity index (χ0) is 13.1. The lowest BCUT2D eigenvalue weighted by Crippen LogP contribution is -2.36. The Kier molecular flexibility index (Phi) is 8.50. The van der Waals surface area contributed by atoms with Crippen molar-refractivity contribution in [3.63, 3.8) is 0 Å². The zero-order valence-corrected chi connectivity index (χ0v) is 11.3. The van der Waals surface area contributed by atoms with Crippen LogP contribution in [0.4, 0.5) is 4.79 Å². The molecule has 0 rings (SSSR count). The summed E-state index contributed by atoms with van der Waals surface area (Å²) in [6.45, 7) is 7.50. The van der Waals surface area contributed by atoms with Gasteiger partial charge in [-0.05, 0) is 31.6 Å². The van der Waals surface area contributed by atoms with Crippen LogP contribution in [0, 0.1) is 5.41 Å². The van der Waals surface area contributed by atoms with Crippen molar-refractivity contribution < 1.29 is 9.90 Å². The first-order chi connectivity index (χ1) is 8.02. The van der Waals surface area contributed by atoms with Crippen molar-refractivity contribution in [1.29, 1.82) is 0 Å². The Hall–Kier alpha value is -1.03. The average molecular weight is 242 g/mol. The van der Waals surface area contributed by atoms with Crippen molar-refractivity contribution in [1.82, 2.24) is 10.6 Å². The predicted octanol–water partition coefficient (Wildman–Crippen LogP) is 2.05. The van der Waals surface area contributed by atoms with Gasteiger partial charge in [0.1, 0.15) is 0 Å². The molecule has 0 fully saturated rings. The summed E-state index contributed by atoms with van der Waals surface area (Å²) in [6, 6.07) is -0.115. The minimum Gasteiger partial charge on any atom is -0.396 e. The van der Waals surface area contributed by atoms with E-state index in [9.17, 15) is 4.79 Å². The molecule has 0 spiro atoms. The first-order valence-electron chi connectivity index (χ1n) is 6.25. The van der Waals surface area contributed by atoms with E-state index in [0.29, 0.717) is 13.1 Å². The number of nitrogens with one attached hydrogen (secondary N) is 2. The second-order valence-corrected chi connectivity index (χ2v) is 4.97. The number of carbonyl (C=O) groups is 1. The minimum atomic E-state index is -0.115. The standard InChI is InChI=1S/C13H26N2O2/c1-4-5-6-9-14-12(17)15-10-7-8-13(2,3)11-16/h4-5,16H,6-11H2,1-3H3,(H2,14,15,17)/b5-4+. The van der Waals surface area contributed by atoms with Crippen molar-refractivity contribution in [2.75, 3.05) is 19.7 Å². The van der Waals surface area contributed by atoms with Gasteiger partial charge < -0.3 is 15.7 Å². The van der Waals surface area contributed by atoms with Gasteiger partial charge >= 0.3 is 6.03 Å². The number of hydrogen-bond acceptors (Lipinski definition) is 2. The molecule has 0 aliphatic rings. The van der Waals surface area contributed by atoms with E-state index in [1.165, 1.54) is 0 Å². The molecule has 0 saturated carbocycles. The van der Waals surface area contributed by atoms with Gasteiger partial charge in [-0.3, -0.25) is 0 Å². The smallest absolute Gasteiger partial charge is 0.314 e. The van der Waals surface area contributed by atoms with Gasteiger partial charge in [0, 0.05) is 19.7 Å². The summed E-state index contributed by atoms with van der Waals surface area (Å²) in [4.78, 5) is 11.3. The molecule has 0 unspecified atom stereocenters. The number of allylic oxidation sites excluding steroid dienone is 1. The average Bonchev–Trinajstić information content (AvgIpc) is 2.30. The molecular weight excluding hydrogens is 216 g/mol. The third-order valence-electron chi connectivity index (χ3n) is 2.58. The van der Waals surface area contributed by atoms with E-state index in [0.717, 1.165) is 19.3 Å². The molecule has 3 N–H and O–H groups in total. The molecule has 0 radical (unpaired) electrons. The largest absolute Gasteiger partial charge is 0.396 e. The Balaban J connectivity index is 3.45. The number of aliphatic hydroxyl groups is 1. The molecule has 0 aliphatic heterocycles. The highest BCUT2D eigenvalue weighted by molar-refractivity contribution is 5.73. The predicted molar refractivity (Wildman–Crippen MR) is 70.9 cm³/mol. The summed E-state index contributed by atoms with van der Waals surface area (Å²) in [7, 11) is 0. The molecule has 100 valence electrons. The van der Waals surface area contributed by atoms with Crippen LogP contribution in [0.3, 0.4) is 0 Å². The molecular formula is C13H26N2O2. The molecule has 2 amide bonds. The topological polar surface area (TPSA) is 61.4 Å². The Labute approximate surface area is 104 Å². The first-order valence-corrected chi connectivity index (χ1v) is 6.25. The monoisotopic (exact) mass is 242 g/mol. The molecule has 0 aromatic rings. The number of carbonyl (C=O) groups excluding carboxylic acids is 1. The van der Waals surface area contributed by atoms with Crippen LogP contribution in [0.25, 0.3) is 0 Å². The number of rotatable bonds is 8. The van der Waals surface area contributed by atoms with Gasteiger partial charge in [-0.1, -0.05) is 26.0 Å². The molecule has 0 bridgehead atoms. The van der Waals surface area contributed by atoms with Gasteiger partial charge in [0.2, 0.25) is 0 Å². The van der Waals surface area contributed by atoms with E-state index >= 15 is 0 Å². The van der Waals surface area contributed by atoms with Crippen LogP contribution in [-0.2, 0) is 0 Å². The van der Waals surface area contributed by atoms with E-state index in [2.05, 4.69) is 10.6 Å². The van der Waals surface area contributed by atoms with Gasteiger partial charge in [-0.25, -0.2) is 4.79 Å². The normalized spacial score (nSPS) is 11.8. The van der Waals surface area contributed by atoms with Crippen molar-refractivity contribution in [2.45, 2.75) is 40.0 Å². The SMILES string of the molecule is C/C=C/CCNC(=O)NCCCC(C)(C)CO. The van der Waals surface area contributed by atoms with Crippen molar-refractivity contribution in [3.05, 3.63) is 12.2 Å². The molecule has 0 aliphatic carbocycles. The molecule has 4 heteroatoms. The van der Waals surface area contributed by atoms with Crippen LogP contribution in [0.1, 0.15) is 40.0 Å². The lowest BCUT2D eigenvalue weighted by Gasteiger charge is -2.21. The Morgan fingerprint density at radius 2 is 1.94 bits per heavy atom. The highest BCUT2D eigenvalue weighted by Gasteiger charge is 2.15. The summed E-state index contributed by atoms with van der Waals surface area (Å²) >= 11 is 0. The van der Waals surface area contributed by atoms with Crippen molar-refractivity contribution >= 4 is 6.03 Å². The van der Waals surface area contributed by atoms with Crippen molar-refractivity contribution in [2.24, 2.45) is 5.41 Å². The third-order valence-corrected chi connectivity index (χ3v) is 2.58. The van der Waals surface area contributed by atoms with Gasteiger partial charge in [0.25, 0.3) is 0 Å². The third kappa shape index (κ3) is 9.87. The Bertz CT molecular complexity index is 238. The van der Waals surface area contributed by atoms with E-state index in [1.807, 2.05) is 32.9 Å². The lowest BCUT2D eigenvalue weighted by atomic mass is 9.89. The summed E-state index contributed by atoms with van der Waals surface area (Å²) in [5, 5.41) is 14.6. The molecule has 0 aromatic carbocycles. The van der Waals surface area contributed by atoms with Crippen molar-refractivity contribution in [3.8, 4) is 0 Å². The van der Waals surface area contributed by atoms with Gasteiger partial charge in [0.05, 0.1) is 0 Å². The van der Waals surface area contributed by atoms with Crippen LogP contribution in [0.2, 0.25) is 0 Å². The van der Waals surface area contributed by atoms with E-state index in [4.69, 9.17) is 5.11 Å². The molecule has 4 nitrogen and oxygen atoms in total. The highest BCUT2D eigenvalue weighted by Crippen LogP contribution is 2.20. The molecule has 0 saturated heterocycles. The lowest BCUT2D eigenvalue weighted by molar-refractivity contribution is 0.148. The zero-order valence-electron chi connectivity index (χ0n) is 11.3. The van der Waals surface area contributed by atoms with E-state index in [-0.39, 0.29) is 18.1 Å². The quantitative estimate of drug-likeness (QED) is 0.450. The maximum absolute atomic E-state index is 11.3. The number of urea groups is 1. The Morgan fingerprint density at radius 1 is 1.29 bits per heavy atom. The minimum absolute atomic E-state index is 0.0515. The van der Waals surface area contributed by atoms with Crippen LogP contribution in [-0.4, -0.2) is 30.8 Å². The van der Waals surface area contributed by atoms with E-state index in [1.54, 1.807) is 0 Å². The maximum Gasteiger partial charge on any atom is 0.314 e. The van der Waals surface area contributed by atoms with Crippen LogP contribution >= 0.6 is 0 Å². The Morgan fingerprint density at radius 3 is 2.53 bits per heavy atom. The maximum atomic E-state index is 11.3. The summed E-state index contributed by atoms with van der Waals surface area (Å²) in [6.07, 6.45) is 6.64. The molecule has 0 aromatic heterocycles. The van der Waals surface area contributed by atoms with Crippen LogP contribution in [0.5, 0.6) is 0 Å². The number of hydrogen-bond donors (Lipinski definition) is 3. The first kappa shape index (κ1) is 16.0. The number of amides is 2. The fourth-order valence-corrected chi connectivity index (χ4v) is 1.35. The second-order valence-electron chi connectivity index (χ2n) is 4.97. The van der Waals surface area contributed by atoms with Gasteiger partial charge in [0.15, 0.2) is 0 Å². The van der Waals surface area contributed by atoms with Gasteiger partial charge in [-0.2, -0.15) is 0 Å².